The Kier molecular flexibility index (Phi) is 29.5. The normalized spacial score (nSPS) is 16.5. The Morgan fingerprint density at radius 1 is 0.383 bits per heavy atom. The minimum atomic E-state index is -0.436. The number of nitro groups is 1. The summed E-state index contributed by atoms with van der Waals surface area (Å²) in [5, 5.41) is 20.0. The van der Waals surface area contributed by atoms with Gasteiger partial charge < -0.3 is 48.6 Å². The van der Waals surface area contributed by atoms with Crippen LogP contribution >= 0.6 is 89.9 Å². The average molecular weight is 2020 g/mol. The molecule has 31 heteroatoms. The number of hydrogen-bond donors (Lipinski definition) is 5. The van der Waals surface area contributed by atoms with Crippen LogP contribution in [-0.2, 0) is 55.8 Å². The van der Waals surface area contributed by atoms with E-state index in [1.165, 1.54) is 60.6 Å². The van der Waals surface area contributed by atoms with Crippen LogP contribution in [0.25, 0.3) is 54.5 Å². The molecule has 0 saturated carbocycles. The second-order valence-electron chi connectivity index (χ2n) is 33.3. The number of aromatic amines is 5. The van der Waals surface area contributed by atoms with Gasteiger partial charge in [0.25, 0.3) is 5.69 Å². The molecule has 5 N–H and O–H groups in total. The number of carbonyl (C=O) groups excluding carboxylic acids is 5. The highest BCUT2D eigenvalue weighted by molar-refractivity contribution is 9.10. The van der Waals surface area contributed by atoms with Crippen LogP contribution in [0.2, 0.25) is 25.1 Å². The van der Waals surface area contributed by atoms with Crippen molar-refractivity contribution in [2.24, 2.45) is 5.92 Å². The van der Waals surface area contributed by atoms with Crippen LogP contribution in [0.1, 0.15) is 155 Å². The van der Waals surface area contributed by atoms with E-state index in [9.17, 15) is 38.5 Å². The number of nitrogens with one attached hydrogen (secondary N) is 5. The number of nitrogens with zero attached hydrogens (tertiary/aromatic N) is 6. The van der Waals surface area contributed by atoms with E-state index in [4.69, 9.17) is 81.7 Å². The highest BCUT2D eigenvalue weighted by Gasteiger charge is 2.42. The standard InChI is InChI=1S/C22H23BrN2O2.C21H20BrClN2O2.C21H20ClN3O4.C19H16Cl2N2O2.C19H16ClFN2O2/c1-14(2)13-27-22(26)25-11-10-17-18-12-16(23)8-9-19(18)24-20(17)21(25)15-6-4-3-5-7-15;1-2-10-27-21(26)25-9-8-16-17-12-15(23)6-7-18(17)24-19(16)20(25)13-4-3-5-14(22)11-13;1-2-11-29-21(26)24-10-9-16-17-12-14(22)5-8-18(17)23-19(16)20(24)13-3-6-15(7-4-13)25(27)28;1-25-19(24)23-9-8-14-15-10-13(21)6-7-16(15)22-17(14)18(23)11-2-4-12(20)5-3-11;1-25-19(24)23-9-8-14-15-10-12(20)4-7-16(15)22-17(14)18(23)11-2-5-13(21)6-3-11/h3-9,12,14,21,24H,10-11,13H2,1-2H3;3-7,11-12,20,24H,2,8-10H2,1H3;3-8,12,20,23H,2,9-11H2,1H3;2*2-7,10,18,22H,8-9H2,1H3. The average Bonchev–Trinajstić information content (AvgIpc) is 1.63. The van der Waals surface area contributed by atoms with Gasteiger partial charge in [0, 0.05) is 162 Å². The van der Waals surface area contributed by atoms with Crippen LogP contribution in [0, 0.1) is 21.8 Å². The minimum Gasteiger partial charge on any atom is -0.453 e. The number of nitro benzene ring substituents is 1. The molecule has 5 unspecified atom stereocenters. The van der Waals surface area contributed by atoms with Crippen molar-refractivity contribution < 1.29 is 57.0 Å². The summed E-state index contributed by atoms with van der Waals surface area (Å²) in [4.78, 5) is 99.7. The summed E-state index contributed by atoms with van der Waals surface area (Å²) in [5.74, 6) is 0.00253. The summed E-state index contributed by atoms with van der Waals surface area (Å²) >= 11 is 37.9. The van der Waals surface area contributed by atoms with Crippen molar-refractivity contribution in [3.05, 3.63) is 352 Å². The lowest BCUT2D eigenvalue weighted by molar-refractivity contribution is -0.384. The van der Waals surface area contributed by atoms with E-state index < -0.39 is 23.2 Å². The van der Waals surface area contributed by atoms with E-state index in [2.05, 4.69) is 87.1 Å². The minimum absolute atomic E-state index is 0.00770. The number of methoxy groups -OCH3 is 2. The molecule has 0 aliphatic carbocycles. The van der Waals surface area contributed by atoms with Gasteiger partial charge in [-0.25, -0.2) is 28.4 Å². The van der Waals surface area contributed by atoms with Gasteiger partial charge in [-0.1, -0.05) is 184 Å². The summed E-state index contributed by atoms with van der Waals surface area (Å²) in [6.07, 6.45) is 3.56. The molecule has 15 aromatic rings. The molecule has 23 nitrogen and oxygen atoms in total. The Hall–Kier alpha value is -12.0. The van der Waals surface area contributed by atoms with Gasteiger partial charge in [-0.3, -0.25) is 34.6 Å². The summed E-state index contributed by atoms with van der Waals surface area (Å²) in [6, 6.07) is 66.2. The first-order valence-electron chi connectivity index (χ1n) is 43.8. The van der Waals surface area contributed by atoms with Gasteiger partial charge >= 0.3 is 30.5 Å². The molecule has 5 atom stereocenters. The molecule has 0 fully saturated rings. The number of non-ortho nitro benzene ring substituents is 1. The SMILES string of the molecule is CC(C)COC(=O)N1CCc2c([nH]c3ccc(Br)cc23)C1c1ccccc1.CCCOC(=O)N1CCc2c([nH]c3ccc(Cl)cc23)C1c1ccc([N+](=O)[O-])cc1.CCCOC(=O)N1CCc2c([nH]c3ccc(Cl)cc23)C1c1cccc(Br)c1.COC(=O)N1CCc2c([nH]c3ccc(Cl)cc23)C1c1ccc(Cl)cc1.COC(=O)N1CCc2c([nH]c3ccc(Cl)cc23)C1c1ccc(F)cc1. The molecule has 0 spiro atoms. The highest BCUT2D eigenvalue weighted by Crippen LogP contribution is 2.47. The molecule has 10 aromatic carbocycles. The Morgan fingerprint density at radius 2 is 0.684 bits per heavy atom. The van der Waals surface area contributed by atoms with Gasteiger partial charge in [-0.15, -0.1) is 0 Å². The van der Waals surface area contributed by atoms with Gasteiger partial charge in [0.2, 0.25) is 0 Å². The van der Waals surface area contributed by atoms with E-state index in [-0.39, 0.29) is 54.0 Å². The lowest BCUT2D eigenvalue weighted by atomic mass is 9.92. The first kappa shape index (κ1) is 94.2. The smallest absolute Gasteiger partial charge is 0.410 e. The first-order chi connectivity index (χ1) is 64.3. The maximum absolute atomic E-state index is 13.4. The third kappa shape index (κ3) is 20.3. The molecule has 5 aliphatic rings. The van der Waals surface area contributed by atoms with Crippen LogP contribution in [-0.4, -0.2) is 152 Å². The van der Waals surface area contributed by atoms with Gasteiger partial charge in [0.05, 0.1) is 39.0 Å². The van der Waals surface area contributed by atoms with Crippen molar-refractivity contribution in [3.8, 4) is 0 Å². The fourth-order valence-corrected chi connectivity index (χ4v) is 20.1. The third-order valence-corrected chi connectivity index (χ3v) is 26.6. The molecule has 0 bridgehead atoms. The molecular formula is C102H95Br2Cl5FN11O12. The number of aromatic nitrogens is 5. The molecule has 5 amide bonds. The van der Waals surface area contributed by atoms with Crippen molar-refractivity contribution in [2.45, 2.75) is 103 Å². The Bertz CT molecular complexity index is 6670. The summed E-state index contributed by atoms with van der Waals surface area (Å²) in [6.45, 7) is 12.1. The number of benzene rings is 10. The van der Waals surface area contributed by atoms with Crippen molar-refractivity contribution in [2.75, 3.05) is 66.8 Å². The van der Waals surface area contributed by atoms with Crippen molar-refractivity contribution in [1.82, 2.24) is 49.4 Å². The van der Waals surface area contributed by atoms with E-state index in [0.29, 0.717) is 96.4 Å². The predicted molar refractivity (Wildman–Crippen MR) is 526 cm³/mol. The lowest BCUT2D eigenvalue weighted by Crippen LogP contribution is -2.41. The number of carbonyl (C=O) groups is 5. The second kappa shape index (κ2) is 41.6. The van der Waals surface area contributed by atoms with Gasteiger partial charge in [0.15, 0.2) is 0 Å². The summed E-state index contributed by atoms with van der Waals surface area (Å²) in [7, 11) is 2.77. The highest BCUT2D eigenvalue weighted by atomic mass is 79.9. The molecule has 686 valence electrons. The van der Waals surface area contributed by atoms with Gasteiger partial charge in [-0.05, 0) is 246 Å². The molecular weight excluding hydrogens is 1930 g/mol. The van der Waals surface area contributed by atoms with Crippen LogP contribution in [0.5, 0.6) is 0 Å². The second-order valence-corrected chi connectivity index (χ2v) is 37.3. The third-order valence-electron chi connectivity index (χ3n) is 24.4. The number of fused-ring (bicyclic) bond motifs is 15. The number of amides is 5. The Labute approximate surface area is 808 Å². The monoisotopic (exact) mass is 2020 g/mol. The number of rotatable bonds is 12. The zero-order chi connectivity index (χ0) is 93.6. The number of H-pyrrole nitrogens is 5. The predicted octanol–water partition coefficient (Wildman–Crippen LogP) is 26.8. The summed E-state index contributed by atoms with van der Waals surface area (Å²) < 4.78 is 41.8. The Balaban J connectivity index is 0.000000121. The van der Waals surface area contributed by atoms with Crippen molar-refractivity contribution in [3.63, 3.8) is 0 Å². The van der Waals surface area contributed by atoms with Crippen LogP contribution in [0.15, 0.2) is 227 Å². The molecule has 0 radical (unpaired) electrons. The zero-order valence-electron chi connectivity index (χ0n) is 73.5. The quantitative estimate of drug-likeness (QED) is 0.0434. The van der Waals surface area contributed by atoms with Crippen molar-refractivity contribution >= 4 is 181 Å². The lowest BCUT2D eigenvalue weighted by Gasteiger charge is -2.35. The number of halogens is 8. The fourth-order valence-electron chi connectivity index (χ4n) is 18.5. The van der Waals surface area contributed by atoms with Gasteiger partial charge in [0.1, 0.15) is 36.0 Å². The Morgan fingerprint density at radius 3 is 1.03 bits per heavy atom. The number of hydrogen-bond acceptors (Lipinski definition) is 12. The van der Waals surface area contributed by atoms with Crippen LogP contribution in [0.4, 0.5) is 34.1 Å². The maximum atomic E-state index is 13.4. The van der Waals surface area contributed by atoms with Crippen LogP contribution < -0.4 is 0 Å². The maximum Gasteiger partial charge on any atom is 0.410 e. The van der Waals surface area contributed by atoms with E-state index in [1.807, 2.05) is 177 Å². The molecule has 5 aliphatic heterocycles. The first-order valence-corrected chi connectivity index (χ1v) is 47.3. The topological polar surface area (TPSA) is 270 Å². The van der Waals surface area contributed by atoms with E-state index >= 15 is 0 Å². The van der Waals surface area contributed by atoms with E-state index in [1.54, 1.807) is 39.0 Å². The zero-order valence-corrected chi connectivity index (χ0v) is 80.4. The van der Waals surface area contributed by atoms with Crippen LogP contribution in [0.3, 0.4) is 0 Å². The molecule has 0 saturated heterocycles. The molecule has 5 aromatic heterocycles. The molecule has 133 heavy (non-hydrogen) atoms. The number of ether oxygens (including phenoxy) is 5. The summed E-state index contributed by atoms with van der Waals surface area (Å²) in [5.41, 5.74) is 20.6. The van der Waals surface area contributed by atoms with Gasteiger partial charge in [-0.2, -0.15) is 0 Å². The fraction of sp³-hybridized carbons (Fsp3) is 0.265. The van der Waals surface area contributed by atoms with Crippen molar-refractivity contribution in [1.29, 1.82) is 0 Å². The molecule has 10 heterocycles. The largest absolute Gasteiger partial charge is 0.453 e. The van der Waals surface area contributed by atoms with E-state index in [0.717, 1.165) is 158 Å². The molecule has 20 rings (SSSR count).